The van der Waals surface area contributed by atoms with E-state index in [1.807, 2.05) is 0 Å². The standard InChI is InChI=1S/C13H15F3N2O2/c14-13(15,16)9-2-1-3-10(6-9)18-12(19)7-11-8-17-4-5-20-11/h1-3,6,11,17H,4-5,7-8H2,(H,18,19). The fourth-order valence-corrected chi connectivity index (χ4v) is 1.94. The van der Waals surface area contributed by atoms with E-state index in [1.165, 1.54) is 12.1 Å². The summed E-state index contributed by atoms with van der Waals surface area (Å²) in [6, 6.07) is 4.56. The molecule has 0 spiro atoms. The fraction of sp³-hybridized carbons (Fsp3) is 0.462. The second-order valence-electron chi connectivity index (χ2n) is 4.53. The number of morpholine rings is 1. The Balaban J connectivity index is 1.93. The largest absolute Gasteiger partial charge is 0.416 e. The third-order valence-corrected chi connectivity index (χ3v) is 2.89. The minimum atomic E-state index is -4.42. The van der Waals surface area contributed by atoms with Gasteiger partial charge in [-0.25, -0.2) is 0 Å². The molecule has 0 saturated carbocycles. The summed E-state index contributed by atoms with van der Waals surface area (Å²) in [6.45, 7) is 1.84. The molecule has 1 saturated heterocycles. The molecule has 1 aromatic rings. The van der Waals surface area contributed by atoms with Crippen molar-refractivity contribution in [1.82, 2.24) is 5.32 Å². The molecule has 1 atom stereocenters. The van der Waals surface area contributed by atoms with E-state index < -0.39 is 11.7 Å². The van der Waals surface area contributed by atoms with Crippen molar-refractivity contribution in [2.45, 2.75) is 18.7 Å². The van der Waals surface area contributed by atoms with Crippen molar-refractivity contribution >= 4 is 11.6 Å². The van der Waals surface area contributed by atoms with E-state index in [1.54, 1.807) is 0 Å². The van der Waals surface area contributed by atoms with Crippen LogP contribution in [0.25, 0.3) is 0 Å². The highest BCUT2D eigenvalue weighted by Crippen LogP contribution is 2.30. The van der Waals surface area contributed by atoms with Crippen molar-refractivity contribution in [2.24, 2.45) is 0 Å². The number of anilines is 1. The number of hydrogen-bond donors (Lipinski definition) is 2. The minimum absolute atomic E-state index is 0.114. The number of carbonyl (C=O) groups excluding carboxylic acids is 1. The number of hydrogen-bond acceptors (Lipinski definition) is 3. The molecule has 1 aromatic carbocycles. The Morgan fingerprint density at radius 2 is 2.25 bits per heavy atom. The van der Waals surface area contributed by atoms with Crippen LogP contribution in [0.1, 0.15) is 12.0 Å². The summed E-state index contributed by atoms with van der Waals surface area (Å²) in [5.41, 5.74) is -0.653. The zero-order valence-electron chi connectivity index (χ0n) is 10.7. The molecule has 1 aliphatic rings. The van der Waals surface area contributed by atoms with Gasteiger partial charge in [-0.2, -0.15) is 13.2 Å². The second kappa shape index (κ2) is 6.23. The van der Waals surface area contributed by atoms with Gasteiger partial charge in [0, 0.05) is 18.8 Å². The maximum absolute atomic E-state index is 12.5. The van der Waals surface area contributed by atoms with Crippen molar-refractivity contribution in [3.8, 4) is 0 Å². The molecule has 1 fully saturated rings. The SMILES string of the molecule is O=C(CC1CNCCO1)Nc1cccc(C(F)(F)F)c1. The fourth-order valence-electron chi connectivity index (χ4n) is 1.94. The molecule has 20 heavy (non-hydrogen) atoms. The highest BCUT2D eigenvalue weighted by Gasteiger charge is 2.30. The molecule has 2 N–H and O–H groups in total. The smallest absolute Gasteiger partial charge is 0.375 e. The molecule has 110 valence electrons. The van der Waals surface area contributed by atoms with Gasteiger partial charge < -0.3 is 15.4 Å². The van der Waals surface area contributed by atoms with Crippen molar-refractivity contribution in [2.75, 3.05) is 25.0 Å². The molecule has 2 rings (SSSR count). The number of nitrogens with one attached hydrogen (secondary N) is 2. The molecule has 1 amide bonds. The number of halogens is 3. The van der Waals surface area contributed by atoms with E-state index in [-0.39, 0.29) is 24.1 Å². The Kier molecular flexibility index (Phi) is 4.61. The lowest BCUT2D eigenvalue weighted by molar-refractivity contribution is -0.137. The van der Waals surface area contributed by atoms with Crippen LogP contribution in [0.3, 0.4) is 0 Å². The normalized spacial score (nSPS) is 19.6. The van der Waals surface area contributed by atoms with Crippen molar-refractivity contribution < 1.29 is 22.7 Å². The zero-order chi connectivity index (χ0) is 14.6. The van der Waals surface area contributed by atoms with E-state index in [4.69, 9.17) is 4.74 Å². The molecule has 1 unspecified atom stereocenters. The van der Waals surface area contributed by atoms with Gasteiger partial charge in [0.05, 0.1) is 24.7 Å². The molecule has 1 heterocycles. The van der Waals surface area contributed by atoms with E-state index in [0.29, 0.717) is 13.2 Å². The molecule has 4 nitrogen and oxygen atoms in total. The predicted octanol–water partition coefficient (Wildman–Crippen LogP) is 2.02. The number of alkyl halides is 3. The Morgan fingerprint density at radius 3 is 2.90 bits per heavy atom. The predicted molar refractivity (Wildman–Crippen MR) is 67.3 cm³/mol. The van der Waals surface area contributed by atoms with Crippen molar-refractivity contribution in [3.63, 3.8) is 0 Å². The number of rotatable bonds is 3. The van der Waals surface area contributed by atoms with Crippen LogP contribution in [0.5, 0.6) is 0 Å². The summed E-state index contributed by atoms with van der Waals surface area (Å²) >= 11 is 0. The van der Waals surface area contributed by atoms with Crippen molar-refractivity contribution in [3.05, 3.63) is 29.8 Å². The first-order valence-corrected chi connectivity index (χ1v) is 6.24. The zero-order valence-corrected chi connectivity index (χ0v) is 10.7. The number of amides is 1. The second-order valence-corrected chi connectivity index (χ2v) is 4.53. The summed E-state index contributed by atoms with van der Waals surface area (Å²) in [5, 5.41) is 5.53. The van der Waals surface area contributed by atoms with Crippen LogP contribution < -0.4 is 10.6 Å². The van der Waals surface area contributed by atoms with Crippen LogP contribution in [0.15, 0.2) is 24.3 Å². The van der Waals surface area contributed by atoms with Crippen LogP contribution in [0.2, 0.25) is 0 Å². The van der Waals surface area contributed by atoms with Crippen LogP contribution in [-0.4, -0.2) is 31.7 Å². The quantitative estimate of drug-likeness (QED) is 0.894. The molecule has 1 aliphatic heterocycles. The van der Waals surface area contributed by atoms with Crippen LogP contribution >= 0.6 is 0 Å². The summed E-state index contributed by atoms with van der Waals surface area (Å²) in [5.74, 6) is -0.363. The monoisotopic (exact) mass is 288 g/mol. The summed E-state index contributed by atoms with van der Waals surface area (Å²) in [7, 11) is 0. The number of carbonyl (C=O) groups is 1. The van der Waals surface area contributed by atoms with Gasteiger partial charge in [-0.05, 0) is 18.2 Å². The van der Waals surface area contributed by atoms with E-state index in [9.17, 15) is 18.0 Å². The third kappa shape index (κ3) is 4.21. The van der Waals surface area contributed by atoms with Crippen LogP contribution in [0, 0.1) is 0 Å². The van der Waals surface area contributed by atoms with E-state index in [2.05, 4.69) is 10.6 Å². The Morgan fingerprint density at radius 1 is 1.45 bits per heavy atom. The van der Waals surface area contributed by atoms with Gasteiger partial charge in [0.15, 0.2) is 0 Å². The van der Waals surface area contributed by atoms with Gasteiger partial charge in [0.25, 0.3) is 0 Å². The lowest BCUT2D eigenvalue weighted by Gasteiger charge is -2.23. The summed E-state index contributed by atoms with van der Waals surface area (Å²) in [4.78, 5) is 11.7. The van der Waals surface area contributed by atoms with Gasteiger partial charge in [-0.15, -0.1) is 0 Å². The van der Waals surface area contributed by atoms with E-state index in [0.717, 1.165) is 18.7 Å². The molecular weight excluding hydrogens is 273 g/mol. The first-order chi connectivity index (χ1) is 9.45. The number of ether oxygens (including phenoxy) is 1. The Labute approximate surface area is 114 Å². The Bertz CT molecular complexity index is 471. The van der Waals surface area contributed by atoms with E-state index >= 15 is 0 Å². The number of benzene rings is 1. The van der Waals surface area contributed by atoms with Crippen LogP contribution in [0.4, 0.5) is 18.9 Å². The van der Waals surface area contributed by atoms with Crippen LogP contribution in [-0.2, 0) is 15.7 Å². The lowest BCUT2D eigenvalue weighted by atomic mass is 10.1. The van der Waals surface area contributed by atoms with Gasteiger partial charge in [0.1, 0.15) is 0 Å². The molecule has 0 aromatic heterocycles. The van der Waals surface area contributed by atoms with Gasteiger partial charge in [0.2, 0.25) is 5.91 Å². The first kappa shape index (κ1) is 14.8. The third-order valence-electron chi connectivity index (χ3n) is 2.89. The average Bonchev–Trinajstić information content (AvgIpc) is 2.39. The summed E-state index contributed by atoms with van der Waals surface area (Å²) in [6.07, 6.45) is -4.55. The maximum Gasteiger partial charge on any atom is 0.416 e. The minimum Gasteiger partial charge on any atom is -0.375 e. The molecule has 0 bridgehead atoms. The average molecular weight is 288 g/mol. The lowest BCUT2D eigenvalue weighted by Crippen LogP contribution is -2.40. The first-order valence-electron chi connectivity index (χ1n) is 6.24. The highest BCUT2D eigenvalue weighted by atomic mass is 19.4. The molecule has 7 heteroatoms. The van der Waals surface area contributed by atoms with Gasteiger partial charge >= 0.3 is 6.18 Å². The Hall–Kier alpha value is -1.60. The van der Waals surface area contributed by atoms with Gasteiger partial charge in [-0.1, -0.05) is 6.07 Å². The van der Waals surface area contributed by atoms with Crippen molar-refractivity contribution in [1.29, 1.82) is 0 Å². The van der Waals surface area contributed by atoms with Gasteiger partial charge in [-0.3, -0.25) is 4.79 Å². The molecular formula is C13H15F3N2O2. The molecule has 0 radical (unpaired) electrons. The highest BCUT2D eigenvalue weighted by molar-refractivity contribution is 5.91. The topological polar surface area (TPSA) is 50.4 Å². The summed E-state index contributed by atoms with van der Waals surface area (Å²) < 4.78 is 43.0. The maximum atomic E-state index is 12.5. The molecule has 0 aliphatic carbocycles.